The fourth-order valence-electron chi connectivity index (χ4n) is 4.51. The van der Waals surface area contributed by atoms with Crippen molar-refractivity contribution in [3.05, 3.63) is 46.0 Å². The van der Waals surface area contributed by atoms with E-state index >= 15 is 0 Å². The molecular weight excluding hydrogens is 470 g/mol. The molecule has 1 fully saturated rings. The van der Waals surface area contributed by atoms with Crippen molar-refractivity contribution in [2.75, 3.05) is 32.7 Å². The maximum Gasteiger partial charge on any atom is 0.278 e. The minimum atomic E-state index is -0.437. The highest BCUT2D eigenvalue weighted by molar-refractivity contribution is 7.17. The Balaban J connectivity index is 1.33. The Bertz CT molecular complexity index is 1240. The van der Waals surface area contributed by atoms with E-state index in [0.717, 1.165) is 49.2 Å². The summed E-state index contributed by atoms with van der Waals surface area (Å²) in [5.74, 6) is 0.929. The van der Waals surface area contributed by atoms with Gasteiger partial charge in [0.15, 0.2) is 23.0 Å². The number of benzene rings is 1. The number of ether oxygens (including phenoxy) is 3. The third-order valence-corrected chi connectivity index (χ3v) is 7.51. The van der Waals surface area contributed by atoms with Crippen molar-refractivity contribution in [1.29, 1.82) is 0 Å². The summed E-state index contributed by atoms with van der Waals surface area (Å²) in [6, 6.07) is 6.87. The molecule has 1 aromatic carbocycles. The van der Waals surface area contributed by atoms with Crippen molar-refractivity contribution in [1.82, 2.24) is 10.5 Å². The SMILES string of the molecule is COc1ccc(-c2cc(C(=O)Nc3sc4c(c3C(=O)NCC3CCCO3)CCC4)no2)cc1OC. The molecular formula is C25H27N3O6S. The Morgan fingerprint density at radius 1 is 1.11 bits per heavy atom. The van der Waals surface area contributed by atoms with Crippen molar-refractivity contribution in [2.24, 2.45) is 0 Å². The van der Waals surface area contributed by atoms with Gasteiger partial charge in [-0.1, -0.05) is 5.16 Å². The van der Waals surface area contributed by atoms with Crippen molar-refractivity contribution in [3.8, 4) is 22.8 Å². The lowest BCUT2D eigenvalue weighted by molar-refractivity contribution is 0.0858. The first-order chi connectivity index (χ1) is 17.1. The second kappa shape index (κ2) is 10.1. The first-order valence-corrected chi connectivity index (χ1v) is 12.4. The highest BCUT2D eigenvalue weighted by atomic mass is 32.1. The lowest BCUT2D eigenvalue weighted by Gasteiger charge is -2.12. The van der Waals surface area contributed by atoms with E-state index in [0.29, 0.717) is 39.9 Å². The smallest absolute Gasteiger partial charge is 0.278 e. The number of thiophene rings is 1. The average molecular weight is 498 g/mol. The Morgan fingerprint density at radius 2 is 1.97 bits per heavy atom. The summed E-state index contributed by atoms with van der Waals surface area (Å²) in [7, 11) is 3.11. The largest absolute Gasteiger partial charge is 0.493 e. The second-order valence-electron chi connectivity index (χ2n) is 8.51. The number of rotatable bonds is 8. The van der Waals surface area contributed by atoms with Gasteiger partial charge in [-0.3, -0.25) is 9.59 Å². The number of amides is 2. The van der Waals surface area contributed by atoms with Crippen molar-refractivity contribution < 1.29 is 28.3 Å². The molecule has 1 aliphatic carbocycles. The number of hydrogen-bond donors (Lipinski definition) is 2. The number of nitrogens with zero attached hydrogens (tertiary/aromatic N) is 1. The molecule has 9 nitrogen and oxygen atoms in total. The monoisotopic (exact) mass is 497 g/mol. The molecule has 3 aromatic rings. The highest BCUT2D eigenvalue weighted by Crippen LogP contribution is 2.39. The number of aryl methyl sites for hydroxylation is 1. The van der Waals surface area contributed by atoms with E-state index in [1.165, 1.54) is 11.3 Å². The van der Waals surface area contributed by atoms with Gasteiger partial charge >= 0.3 is 0 Å². The van der Waals surface area contributed by atoms with E-state index in [1.807, 2.05) is 0 Å². The number of anilines is 1. The van der Waals surface area contributed by atoms with Gasteiger partial charge in [-0.25, -0.2) is 0 Å². The van der Waals surface area contributed by atoms with Gasteiger partial charge in [0, 0.05) is 29.7 Å². The lowest BCUT2D eigenvalue weighted by Crippen LogP contribution is -2.32. The zero-order valence-corrected chi connectivity index (χ0v) is 20.5. The minimum absolute atomic E-state index is 0.0498. The predicted molar refractivity (Wildman–Crippen MR) is 131 cm³/mol. The van der Waals surface area contributed by atoms with Crippen molar-refractivity contribution in [2.45, 2.75) is 38.2 Å². The second-order valence-corrected chi connectivity index (χ2v) is 9.61. The summed E-state index contributed by atoms with van der Waals surface area (Å²) in [4.78, 5) is 27.3. The van der Waals surface area contributed by atoms with Gasteiger partial charge in [0.1, 0.15) is 5.00 Å². The zero-order chi connectivity index (χ0) is 24.4. The normalized spacial score (nSPS) is 16.7. The van der Waals surface area contributed by atoms with Gasteiger partial charge in [0.2, 0.25) is 0 Å². The van der Waals surface area contributed by atoms with Gasteiger partial charge in [-0.15, -0.1) is 11.3 Å². The lowest BCUT2D eigenvalue weighted by atomic mass is 10.1. The van der Waals surface area contributed by atoms with Crippen LogP contribution in [-0.4, -0.2) is 50.4 Å². The van der Waals surface area contributed by atoms with E-state index in [2.05, 4.69) is 15.8 Å². The first kappa shape index (κ1) is 23.4. The minimum Gasteiger partial charge on any atom is -0.493 e. The molecule has 2 aromatic heterocycles. The van der Waals surface area contributed by atoms with Crippen LogP contribution in [0.1, 0.15) is 50.5 Å². The Kier molecular flexibility index (Phi) is 6.74. The molecule has 2 amide bonds. The third kappa shape index (κ3) is 4.76. The van der Waals surface area contributed by atoms with Crippen molar-refractivity contribution >= 4 is 28.2 Å². The van der Waals surface area contributed by atoms with Crippen LogP contribution in [-0.2, 0) is 17.6 Å². The first-order valence-electron chi connectivity index (χ1n) is 11.6. The predicted octanol–water partition coefficient (Wildman–Crippen LogP) is 4.07. The Hall–Kier alpha value is -3.37. The molecule has 10 heteroatoms. The van der Waals surface area contributed by atoms with Gasteiger partial charge in [0.05, 0.1) is 25.9 Å². The third-order valence-electron chi connectivity index (χ3n) is 6.30. The van der Waals surface area contributed by atoms with Crippen LogP contribution in [0.5, 0.6) is 11.5 Å². The van der Waals surface area contributed by atoms with E-state index in [1.54, 1.807) is 38.5 Å². The molecule has 0 spiro atoms. The van der Waals surface area contributed by atoms with Crippen LogP contribution in [0, 0.1) is 0 Å². The number of aromatic nitrogens is 1. The van der Waals surface area contributed by atoms with Crippen LogP contribution >= 0.6 is 11.3 Å². The molecule has 184 valence electrons. The molecule has 2 N–H and O–H groups in total. The van der Waals surface area contributed by atoms with Crippen LogP contribution < -0.4 is 20.1 Å². The molecule has 0 bridgehead atoms. The van der Waals surface area contributed by atoms with E-state index in [-0.39, 0.29) is 17.7 Å². The summed E-state index contributed by atoms with van der Waals surface area (Å²) in [5.41, 5.74) is 2.39. The Morgan fingerprint density at radius 3 is 2.74 bits per heavy atom. The summed E-state index contributed by atoms with van der Waals surface area (Å²) < 4.78 is 21.6. The molecule has 2 aliphatic rings. The molecule has 1 unspecified atom stereocenters. The summed E-state index contributed by atoms with van der Waals surface area (Å²) in [5, 5.41) is 10.4. The number of carbonyl (C=O) groups is 2. The zero-order valence-electron chi connectivity index (χ0n) is 19.6. The quantitative estimate of drug-likeness (QED) is 0.482. The fourth-order valence-corrected chi connectivity index (χ4v) is 5.79. The number of hydrogen-bond acceptors (Lipinski definition) is 8. The van der Waals surface area contributed by atoms with Crippen LogP contribution in [0.3, 0.4) is 0 Å². The molecule has 3 heterocycles. The maximum atomic E-state index is 13.1. The molecule has 0 saturated carbocycles. The van der Waals surface area contributed by atoms with Crippen LogP contribution in [0.15, 0.2) is 28.8 Å². The summed E-state index contributed by atoms with van der Waals surface area (Å²) >= 11 is 1.46. The fraction of sp³-hybridized carbons (Fsp3) is 0.400. The molecule has 5 rings (SSSR count). The molecule has 1 saturated heterocycles. The van der Waals surface area contributed by atoms with Gasteiger partial charge in [0.25, 0.3) is 11.8 Å². The summed E-state index contributed by atoms with van der Waals surface area (Å²) in [6.07, 6.45) is 4.76. The molecule has 35 heavy (non-hydrogen) atoms. The summed E-state index contributed by atoms with van der Waals surface area (Å²) in [6.45, 7) is 1.20. The van der Waals surface area contributed by atoms with E-state index in [9.17, 15) is 9.59 Å². The number of nitrogens with one attached hydrogen (secondary N) is 2. The number of methoxy groups -OCH3 is 2. The van der Waals surface area contributed by atoms with E-state index < -0.39 is 5.91 Å². The van der Waals surface area contributed by atoms with Gasteiger partial charge < -0.3 is 29.4 Å². The van der Waals surface area contributed by atoms with Crippen LogP contribution in [0.4, 0.5) is 5.00 Å². The maximum absolute atomic E-state index is 13.1. The van der Waals surface area contributed by atoms with E-state index in [4.69, 9.17) is 18.7 Å². The van der Waals surface area contributed by atoms with Gasteiger partial charge in [-0.2, -0.15) is 0 Å². The Labute approximate surface area is 206 Å². The molecule has 1 atom stereocenters. The molecule has 0 radical (unpaired) electrons. The number of carbonyl (C=O) groups excluding carboxylic acids is 2. The highest BCUT2D eigenvalue weighted by Gasteiger charge is 2.29. The number of fused-ring (bicyclic) bond motifs is 1. The van der Waals surface area contributed by atoms with Crippen molar-refractivity contribution in [3.63, 3.8) is 0 Å². The van der Waals surface area contributed by atoms with Gasteiger partial charge in [-0.05, 0) is 55.9 Å². The van der Waals surface area contributed by atoms with Crippen LogP contribution in [0.25, 0.3) is 11.3 Å². The topological polar surface area (TPSA) is 112 Å². The average Bonchev–Trinajstić information content (AvgIpc) is 3.67. The standard InChI is InChI=1S/C25H27N3O6S/c1-31-18-9-8-14(11-20(18)32-2)19-12-17(28-34-19)23(29)27-25-22(16-6-3-7-21(16)35-25)24(30)26-13-15-5-4-10-33-15/h8-9,11-12,15H,3-7,10,13H2,1-2H3,(H,26,30)(H,27,29). The van der Waals surface area contributed by atoms with Crippen LogP contribution in [0.2, 0.25) is 0 Å². The molecule has 1 aliphatic heterocycles.